The van der Waals surface area contributed by atoms with E-state index in [1.54, 1.807) is 24.3 Å². The Labute approximate surface area is 196 Å². The molecule has 5 nitrogen and oxygen atoms in total. The molecule has 3 aromatic rings. The van der Waals surface area contributed by atoms with Gasteiger partial charge < -0.3 is 9.84 Å². The zero-order valence-corrected chi connectivity index (χ0v) is 19.2. The average molecular weight is 460 g/mol. The molecule has 1 aliphatic carbocycles. The van der Waals surface area contributed by atoms with Crippen molar-refractivity contribution < 1.29 is 19.4 Å². The topological polar surface area (TPSA) is 66.8 Å². The van der Waals surface area contributed by atoms with Gasteiger partial charge in [0.1, 0.15) is 17.6 Å². The minimum Gasteiger partial charge on any atom is -0.507 e. The monoisotopic (exact) mass is 459 g/mol. The number of carbonyl (C=O) groups excluding carboxylic acids is 2. The highest BCUT2D eigenvalue weighted by Crippen LogP contribution is 2.44. The largest absolute Gasteiger partial charge is 0.507 e. The zero-order valence-electron chi connectivity index (χ0n) is 18.4. The number of aryl methyl sites for hydroxylation is 2. The number of nitrogens with zero attached hydrogens (tertiary/aromatic N) is 1. The maximum Gasteiger partial charge on any atom is 0.300 e. The first-order chi connectivity index (χ1) is 16.1. The van der Waals surface area contributed by atoms with Gasteiger partial charge in [0, 0.05) is 16.1 Å². The van der Waals surface area contributed by atoms with E-state index < -0.39 is 17.7 Å². The summed E-state index contributed by atoms with van der Waals surface area (Å²) in [7, 11) is 0. The predicted octanol–water partition coefficient (Wildman–Crippen LogP) is 5.65. The zero-order chi connectivity index (χ0) is 22.9. The number of ether oxygens (including phenoxy) is 1. The molecule has 0 saturated carbocycles. The second-order valence-corrected chi connectivity index (χ2v) is 9.28. The minimum absolute atomic E-state index is 0.117. The fourth-order valence-corrected chi connectivity index (χ4v) is 5.54. The van der Waals surface area contributed by atoms with Gasteiger partial charge in [0.2, 0.25) is 0 Å². The summed E-state index contributed by atoms with van der Waals surface area (Å²) in [6, 6.07) is 16.1. The van der Waals surface area contributed by atoms with Crippen molar-refractivity contribution in [2.45, 2.75) is 38.6 Å². The molecule has 1 fully saturated rings. The number of anilines is 1. The van der Waals surface area contributed by atoms with Crippen LogP contribution >= 0.6 is 11.3 Å². The number of aliphatic hydroxyl groups excluding tert-OH is 1. The number of hydrogen-bond donors (Lipinski definition) is 1. The van der Waals surface area contributed by atoms with Gasteiger partial charge in [-0.05, 0) is 85.5 Å². The molecule has 2 aliphatic rings. The standard InChI is InChI=1S/C27H25NO4S/c1-2-32-21-13-11-20(12-14-21)28-24(22-8-5-15-33-22)23(26(30)27(28)31)25(29)19-10-9-17-6-3-4-7-18(17)16-19/h5,8-16,24,29H,2-4,6-7H2,1H3/b25-23-. The summed E-state index contributed by atoms with van der Waals surface area (Å²) in [4.78, 5) is 28.7. The number of carbonyl (C=O) groups is 2. The van der Waals surface area contributed by atoms with E-state index >= 15 is 0 Å². The molecule has 2 aromatic carbocycles. The molecule has 0 radical (unpaired) electrons. The van der Waals surface area contributed by atoms with Gasteiger partial charge in [-0.3, -0.25) is 14.5 Å². The summed E-state index contributed by atoms with van der Waals surface area (Å²) in [6.45, 7) is 2.45. The molecule has 1 aliphatic heterocycles. The van der Waals surface area contributed by atoms with Crippen LogP contribution in [0.1, 0.15) is 47.4 Å². The maximum absolute atomic E-state index is 13.2. The Balaban J connectivity index is 1.62. The van der Waals surface area contributed by atoms with Crippen LogP contribution in [0.3, 0.4) is 0 Å². The van der Waals surface area contributed by atoms with Crippen molar-refractivity contribution in [1.29, 1.82) is 0 Å². The Bertz CT molecular complexity index is 1230. The Morgan fingerprint density at radius 1 is 1.06 bits per heavy atom. The van der Waals surface area contributed by atoms with Crippen LogP contribution in [0, 0.1) is 0 Å². The van der Waals surface area contributed by atoms with Crippen LogP contribution in [0.5, 0.6) is 5.75 Å². The van der Waals surface area contributed by atoms with Gasteiger partial charge in [0.15, 0.2) is 0 Å². The molecule has 1 saturated heterocycles. The lowest BCUT2D eigenvalue weighted by Crippen LogP contribution is -2.29. The molecule has 1 amide bonds. The first-order valence-corrected chi connectivity index (χ1v) is 12.2. The van der Waals surface area contributed by atoms with Crippen LogP contribution < -0.4 is 9.64 Å². The molecule has 1 aromatic heterocycles. The Hall–Kier alpha value is -3.38. The van der Waals surface area contributed by atoms with Crippen molar-refractivity contribution in [3.63, 3.8) is 0 Å². The van der Waals surface area contributed by atoms with Gasteiger partial charge in [-0.2, -0.15) is 0 Å². The van der Waals surface area contributed by atoms with Crippen LogP contribution in [0.2, 0.25) is 0 Å². The lowest BCUT2D eigenvalue weighted by atomic mass is 9.89. The summed E-state index contributed by atoms with van der Waals surface area (Å²) >= 11 is 1.46. The quantitative estimate of drug-likeness (QED) is 0.304. The SMILES string of the molecule is CCOc1ccc(N2C(=O)C(=O)/C(=C(\O)c3ccc4c(c3)CCCC4)C2c2cccs2)cc1. The number of aliphatic hydroxyl groups is 1. The highest BCUT2D eigenvalue weighted by molar-refractivity contribution is 7.10. The summed E-state index contributed by atoms with van der Waals surface area (Å²) in [5.74, 6) is -0.734. The van der Waals surface area contributed by atoms with E-state index in [4.69, 9.17) is 4.74 Å². The van der Waals surface area contributed by atoms with E-state index in [1.165, 1.54) is 33.8 Å². The second-order valence-electron chi connectivity index (χ2n) is 8.30. The highest BCUT2D eigenvalue weighted by Gasteiger charge is 2.47. The van der Waals surface area contributed by atoms with E-state index in [2.05, 4.69) is 0 Å². The van der Waals surface area contributed by atoms with Crippen molar-refractivity contribution in [2.75, 3.05) is 11.5 Å². The molecule has 1 atom stereocenters. The number of hydrogen-bond acceptors (Lipinski definition) is 5. The number of rotatable bonds is 5. The third kappa shape index (κ3) is 3.85. The molecule has 1 unspecified atom stereocenters. The minimum atomic E-state index is -0.682. The summed E-state index contributed by atoms with van der Waals surface area (Å²) in [6.07, 6.45) is 4.29. The Kier molecular flexibility index (Phi) is 5.77. The number of thiophene rings is 1. The van der Waals surface area contributed by atoms with Crippen molar-refractivity contribution >= 4 is 34.5 Å². The molecule has 168 valence electrons. The molecule has 1 N–H and O–H groups in total. The lowest BCUT2D eigenvalue weighted by molar-refractivity contribution is -0.132. The van der Waals surface area contributed by atoms with Gasteiger partial charge in [-0.25, -0.2) is 0 Å². The van der Waals surface area contributed by atoms with E-state index in [-0.39, 0.29) is 11.3 Å². The first-order valence-electron chi connectivity index (χ1n) is 11.3. The fourth-order valence-electron chi connectivity index (χ4n) is 4.72. The predicted molar refractivity (Wildman–Crippen MR) is 130 cm³/mol. The summed E-state index contributed by atoms with van der Waals surface area (Å²) in [5, 5.41) is 13.2. The van der Waals surface area contributed by atoms with Crippen molar-refractivity contribution in [3.05, 3.63) is 87.1 Å². The van der Waals surface area contributed by atoms with Gasteiger partial charge >= 0.3 is 0 Å². The smallest absolute Gasteiger partial charge is 0.300 e. The van der Waals surface area contributed by atoms with E-state index in [1.807, 2.05) is 42.6 Å². The number of fused-ring (bicyclic) bond motifs is 1. The van der Waals surface area contributed by atoms with Crippen molar-refractivity contribution in [1.82, 2.24) is 0 Å². The Morgan fingerprint density at radius 3 is 2.52 bits per heavy atom. The Morgan fingerprint density at radius 2 is 1.82 bits per heavy atom. The molecular formula is C27H25NO4S. The maximum atomic E-state index is 13.2. The molecular weight excluding hydrogens is 434 g/mol. The number of amides is 1. The van der Waals surface area contributed by atoms with Crippen molar-refractivity contribution in [3.8, 4) is 5.75 Å². The molecule has 0 spiro atoms. The summed E-state index contributed by atoms with van der Waals surface area (Å²) < 4.78 is 5.52. The first kappa shape index (κ1) is 21.5. The highest BCUT2D eigenvalue weighted by atomic mass is 32.1. The molecule has 6 heteroatoms. The van der Waals surface area contributed by atoms with Gasteiger partial charge in [-0.15, -0.1) is 11.3 Å². The van der Waals surface area contributed by atoms with Crippen molar-refractivity contribution in [2.24, 2.45) is 0 Å². The van der Waals surface area contributed by atoms with E-state index in [0.29, 0.717) is 23.6 Å². The van der Waals surface area contributed by atoms with Gasteiger partial charge in [0.25, 0.3) is 11.7 Å². The van der Waals surface area contributed by atoms with Crippen LogP contribution in [0.15, 0.2) is 65.6 Å². The number of Topliss-reactive ketones (excluding diaryl/α,β-unsaturated/α-hetero) is 1. The summed E-state index contributed by atoms with van der Waals surface area (Å²) in [5.41, 5.74) is 3.80. The van der Waals surface area contributed by atoms with Crippen LogP contribution in [0.25, 0.3) is 5.76 Å². The molecule has 33 heavy (non-hydrogen) atoms. The number of ketones is 1. The number of benzene rings is 2. The second kappa shape index (κ2) is 8.87. The van der Waals surface area contributed by atoms with Gasteiger partial charge in [-0.1, -0.05) is 18.2 Å². The average Bonchev–Trinajstić information content (AvgIpc) is 3.46. The van der Waals surface area contributed by atoms with Crippen LogP contribution in [-0.2, 0) is 22.4 Å². The molecule has 5 rings (SSSR count). The van der Waals surface area contributed by atoms with E-state index in [9.17, 15) is 14.7 Å². The van der Waals surface area contributed by atoms with Crippen LogP contribution in [0.4, 0.5) is 5.69 Å². The third-order valence-corrected chi connectivity index (χ3v) is 7.23. The van der Waals surface area contributed by atoms with Crippen LogP contribution in [-0.4, -0.2) is 23.4 Å². The van der Waals surface area contributed by atoms with E-state index in [0.717, 1.165) is 24.1 Å². The normalized spacial score (nSPS) is 19.5. The molecule has 0 bridgehead atoms. The fraction of sp³-hybridized carbons (Fsp3) is 0.259. The lowest BCUT2D eigenvalue weighted by Gasteiger charge is -2.24. The molecule has 2 heterocycles. The van der Waals surface area contributed by atoms with Gasteiger partial charge in [0.05, 0.1) is 12.2 Å². The third-order valence-electron chi connectivity index (χ3n) is 6.30.